The summed E-state index contributed by atoms with van der Waals surface area (Å²) in [5.74, 6) is -0.733. The van der Waals surface area contributed by atoms with Gasteiger partial charge in [0, 0.05) is 6.08 Å². The summed E-state index contributed by atoms with van der Waals surface area (Å²) in [6, 6.07) is 0. The molecule has 0 amide bonds. The lowest BCUT2D eigenvalue weighted by Crippen LogP contribution is -2.18. The van der Waals surface area contributed by atoms with Crippen molar-refractivity contribution in [3.8, 4) is 0 Å². The summed E-state index contributed by atoms with van der Waals surface area (Å²) in [4.78, 5) is 22.8. The molecule has 0 aromatic heterocycles. The van der Waals surface area contributed by atoms with Crippen LogP contribution >= 0.6 is 0 Å². The van der Waals surface area contributed by atoms with E-state index in [1.165, 1.54) is 6.08 Å². The third-order valence-corrected chi connectivity index (χ3v) is 2.07. The molecule has 0 N–H and O–H groups in total. The second-order valence-electron chi connectivity index (χ2n) is 4.10. The van der Waals surface area contributed by atoms with E-state index < -0.39 is 5.97 Å². The average molecular weight is 242 g/mol. The van der Waals surface area contributed by atoms with E-state index in [0.29, 0.717) is 25.6 Å². The number of carbonyl (C=O) groups is 2. The molecule has 0 saturated heterocycles. The van der Waals surface area contributed by atoms with Gasteiger partial charge in [-0.2, -0.15) is 0 Å². The Hall–Kier alpha value is -1.32. The van der Waals surface area contributed by atoms with Crippen molar-refractivity contribution in [3.63, 3.8) is 0 Å². The number of hydrogen-bond acceptors (Lipinski definition) is 4. The molecule has 0 aromatic carbocycles. The largest absolute Gasteiger partial charge is 0.466 e. The van der Waals surface area contributed by atoms with Crippen LogP contribution in [0.2, 0.25) is 0 Å². The van der Waals surface area contributed by atoms with Gasteiger partial charge in [-0.15, -0.1) is 0 Å². The highest BCUT2D eigenvalue weighted by Gasteiger charge is 2.18. The van der Waals surface area contributed by atoms with Crippen molar-refractivity contribution in [1.82, 2.24) is 0 Å². The molecule has 4 heteroatoms. The third kappa shape index (κ3) is 7.55. The van der Waals surface area contributed by atoms with Crippen molar-refractivity contribution in [2.45, 2.75) is 34.1 Å². The van der Waals surface area contributed by atoms with Crippen LogP contribution in [0.15, 0.2) is 12.2 Å². The minimum absolute atomic E-state index is 0.290. The molecule has 0 rings (SSSR count). The van der Waals surface area contributed by atoms with E-state index in [0.717, 1.165) is 0 Å². The van der Waals surface area contributed by atoms with Crippen LogP contribution in [-0.2, 0) is 19.1 Å². The van der Waals surface area contributed by atoms with Gasteiger partial charge in [-0.3, -0.25) is 4.79 Å². The molecule has 98 valence electrons. The molecule has 0 aromatic rings. The Balaban J connectivity index is 4.47. The molecule has 0 aliphatic carbocycles. The van der Waals surface area contributed by atoms with Crippen LogP contribution in [0.1, 0.15) is 34.1 Å². The van der Waals surface area contributed by atoms with Crippen molar-refractivity contribution < 1.29 is 19.1 Å². The quantitative estimate of drug-likeness (QED) is 0.508. The summed E-state index contributed by atoms with van der Waals surface area (Å²) in [5, 5.41) is 0. The summed E-state index contributed by atoms with van der Waals surface area (Å²) >= 11 is 0. The number of rotatable bonds is 7. The Kier molecular flexibility index (Phi) is 8.11. The van der Waals surface area contributed by atoms with Gasteiger partial charge in [0.25, 0.3) is 0 Å². The summed E-state index contributed by atoms with van der Waals surface area (Å²) < 4.78 is 9.71. The Morgan fingerprint density at radius 1 is 1.12 bits per heavy atom. The van der Waals surface area contributed by atoms with Crippen LogP contribution in [-0.4, -0.2) is 25.2 Å². The standard InChI is InChI=1S/C13H22O4/c1-5-16-12(14)8-7-11(9-10(3)4)13(15)17-6-2/h7-8,10-11H,5-6,9H2,1-4H3/b8-7+. The first-order chi connectivity index (χ1) is 8.01. The maximum absolute atomic E-state index is 11.6. The lowest BCUT2D eigenvalue weighted by Gasteiger charge is -2.13. The molecule has 4 nitrogen and oxygen atoms in total. The average Bonchev–Trinajstić information content (AvgIpc) is 2.24. The predicted molar refractivity (Wildman–Crippen MR) is 65.4 cm³/mol. The van der Waals surface area contributed by atoms with Crippen LogP contribution in [0.25, 0.3) is 0 Å². The third-order valence-electron chi connectivity index (χ3n) is 2.07. The molecule has 0 saturated carbocycles. The van der Waals surface area contributed by atoms with Gasteiger partial charge >= 0.3 is 11.9 Å². The number of esters is 2. The lowest BCUT2D eigenvalue weighted by molar-refractivity contribution is -0.146. The molecule has 1 atom stereocenters. The minimum Gasteiger partial charge on any atom is -0.466 e. The Labute approximate surface area is 103 Å². The van der Waals surface area contributed by atoms with Gasteiger partial charge in [0.15, 0.2) is 0 Å². The zero-order valence-electron chi connectivity index (χ0n) is 11.1. The van der Waals surface area contributed by atoms with Crippen molar-refractivity contribution in [1.29, 1.82) is 0 Å². The molecule has 1 unspecified atom stereocenters. The van der Waals surface area contributed by atoms with E-state index >= 15 is 0 Å². The Morgan fingerprint density at radius 2 is 1.71 bits per heavy atom. The fourth-order valence-corrected chi connectivity index (χ4v) is 1.40. The summed E-state index contributed by atoms with van der Waals surface area (Å²) in [6.07, 6.45) is 3.53. The van der Waals surface area contributed by atoms with Gasteiger partial charge in [-0.25, -0.2) is 4.79 Å². The van der Waals surface area contributed by atoms with E-state index in [2.05, 4.69) is 0 Å². The van der Waals surface area contributed by atoms with Gasteiger partial charge in [-0.05, 0) is 26.2 Å². The zero-order chi connectivity index (χ0) is 13.3. The zero-order valence-corrected chi connectivity index (χ0v) is 11.1. The first-order valence-corrected chi connectivity index (χ1v) is 6.02. The highest BCUT2D eigenvalue weighted by Crippen LogP contribution is 2.15. The molecule has 17 heavy (non-hydrogen) atoms. The van der Waals surface area contributed by atoms with Gasteiger partial charge in [0.1, 0.15) is 0 Å². The van der Waals surface area contributed by atoms with Crippen LogP contribution in [0.3, 0.4) is 0 Å². The second kappa shape index (κ2) is 8.79. The molecular weight excluding hydrogens is 220 g/mol. The summed E-state index contributed by atoms with van der Waals surface area (Å²) in [5.41, 5.74) is 0. The lowest BCUT2D eigenvalue weighted by atomic mass is 9.97. The normalized spacial score (nSPS) is 12.8. The van der Waals surface area contributed by atoms with E-state index in [4.69, 9.17) is 9.47 Å². The molecular formula is C13H22O4. The molecule has 0 heterocycles. The first-order valence-electron chi connectivity index (χ1n) is 6.02. The smallest absolute Gasteiger partial charge is 0.330 e. The van der Waals surface area contributed by atoms with Crippen molar-refractivity contribution >= 4 is 11.9 Å². The minimum atomic E-state index is -0.425. The molecule has 0 bridgehead atoms. The highest BCUT2D eigenvalue weighted by atomic mass is 16.5. The van der Waals surface area contributed by atoms with Crippen molar-refractivity contribution in [2.24, 2.45) is 11.8 Å². The molecule has 0 aliphatic heterocycles. The maximum Gasteiger partial charge on any atom is 0.330 e. The van der Waals surface area contributed by atoms with Gasteiger partial charge in [-0.1, -0.05) is 19.9 Å². The summed E-state index contributed by atoms with van der Waals surface area (Å²) in [6.45, 7) is 8.22. The van der Waals surface area contributed by atoms with Crippen LogP contribution in [0.4, 0.5) is 0 Å². The first kappa shape index (κ1) is 15.7. The van der Waals surface area contributed by atoms with Crippen molar-refractivity contribution in [2.75, 3.05) is 13.2 Å². The number of hydrogen-bond donors (Lipinski definition) is 0. The fourth-order valence-electron chi connectivity index (χ4n) is 1.40. The van der Waals surface area contributed by atoms with Gasteiger partial charge in [0.2, 0.25) is 0 Å². The van der Waals surface area contributed by atoms with Gasteiger partial charge < -0.3 is 9.47 Å². The monoisotopic (exact) mass is 242 g/mol. The van der Waals surface area contributed by atoms with E-state index in [9.17, 15) is 9.59 Å². The topological polar surface area (TPSA) is 52.6 Å². The SMILES string of the molecule is CCOC(=O)/C=C/C(CC(C)C)C(=O)OCC. The van der Waals surface area contributed by atoms with E-state index in [1.54, 1.807) is 19.9 Å². The molecule has 0 fully saturated rings. The number of carbonyl (C=O) groups excluding carboxylic acids is 2. The maximum atomic E-state index is 11.6. The van der Waals surface area contributed by atoms with Crippen LogP contribution < -0.4 is 0 Å². The summed E-state index contributed by atoms with van der Waals surface area (Å²) in [7, 11) is 0. The predicted octanol–water partition coefficient (Wildman–Crippen LogP) is 2.33. The van der Waals surface area contributed by atoms with E-state index in [-0.39, 0.29) is 11.9 Å². The molecule has 0 radical (unpaired) electrons. The van der Waals surface area contributed by atoms with Crippen molar-refractivity contribution in [3.05, 3.63) is 12.2 Å². The van der Waals surface area contributed by atoms with Crippen LogP contribution in [0.5, 0.6) is 0 Å². The second-order valence-corrected chi connectivity index (χ2v) is 4.10. The molecule has 0 aliphatic rings. The van der Waals surface area contributed by atoms with Gasteiger partial charge in [0.05, 0.1) is 19.1 Å². The van der Waals surface area contributed by atoms with E-state index in [1.807, 2.05) is 13.8 Å². The fraction of sp³-hybridized carbons (Fsp3) is 0.692. The number of ether oxygens (including phenoxy) is 2. The Morgan fingerprint density at radius 3 is 2.18 bits per heavy atom. The Bertz CT molecular complexity index is 269. The highest BCUT2D eigenvalue weighted by molar-refractivity contribution is 5.83. The molecule has 0 spiro atoms. The van der Waals surface area contributed by atoms with Crippen LogP contribution in [0, 0.1) is 11.8 Å².